The van der Waals surface area contributed by atoms with E-state index in [1.807, 2.05) is 6.92 Å². The lowest BCUT2D eigenvalue weighted by molar-refractivity contribution is 1.07. The van der Waals surface area contributed by atoms with Crippen molar-refractivity contribution in [3.8, 4) is 0 Å². The Balaban J connectivity index is 1.94. The molecule has 3 heterocycles. The molecule has 19 heavy (non-hydrogen) atoms. The molecule has 0 unspecified atom stereocenters. The predicted molar refractivity (Wildman–Crippen MR) is 83.2 cm³/mol. The molecule has 0 spiro atoms. The summed E-state index contributed by atoms with van der Waals surface area (Å²) in [5.41, 5.74) is 0. The summed E-state index contributed by atoms with van der Waals surface area (Å²) in [5, 5.41) is 6.67. The molecule has 0 radical (unpaired) electrons. The largest absolute Gasteiger partial charge is 0.365 e. The average molecular weight is 289 g/mol. The molecule has 98 valence electrons. The van der Waals surface area contributed by atoms with E-state index < -0.39 is 0 Å². The van der Waals surface area contributed by atoms with Gasteiger partial charge in [-0.3, -0.25) is 0 Å². The fraction of sp³-hybridized carbons (Fsp3) is 0.286. The molecule has 3 rings (SSSR count). The van der Waals surface area contributed by atoms with Gasteiger partial charge in [-0.15, -0.1) is 22.7 Å². The lowest BCUT2D eigenvalue weighted by Gasteiger charge is -2.06. The van der Waals surface area contributed by atoms with Gasteiger partial charge in [-0.1, -0.05) is 13.0 Å². The van der Waals surface area contributed by atoms with Crippen LogP contribution in [-0.2, 0) is 13.0 Å². The van der Waals surface area contributed by atoms with Crippen LogP contribution in [0, 0.1) is 6.92 Å². The lowest BCUT2D eigenvalue weighted by Crippen LogP contribution is -2.02. The van der Waals surface area contributed by atoms with Gasteiger partial charge in [0.05, 0.1) is 11.9 Å². The maximum Gasteiger partial charge on any atom is 0.138 e. The lowest BCUT2D eigenvalue weighted by atomic mass is 10.3. The number of rotatable bonds is 4. The van der Waals surface area contributed by atoms with Crippen molar-refractivity contribution < 1.29 is 0 Å². The van der Waals surface area contributed by atoms with Gasteiger partial charge in [0.25, 0.3) is 0 Å². The SMILES string of the molecule is CCc1cc2c(NCc3cccs3)nc(C)nc2s1. The number of nitrogens with zero attached hydrogens (tertiary/aromatic N) is 2. The van der Waals surface area contributed by atoms with Crippen LogP contribution >= 0.6 is 22.7 Å². The monoisotopic (exact) mass is 289 g/mol. The smallest absolute Gasteiger partial charge is 0.138 e. The van der Waals surface area contributed by atoms with E-state index in [1.54, 1.807) is 22.7 Å². The Morgan fingerprint density at radius 2 is 2.16 bits per heavy atom. The minimum absolute atomic E-state index is 0.820. The first-order chi connectivity index (χ1) is 9.26. The summed E-state index contributed by atoms with van der Waals surface area (Å²) < 4.78 is 0. The molecule has 0 aliphatic carbocycles. The third-order valence-corrected chi connectivity index (χ3v) is 4.96. The minimum atomic E-state index is 0.820. The Morgan fingerprint density at radius 1 is 1.26 bits per heavy atom. The van der Waals surface area contributed by atoms with E-state index in [9.17, 15) is 0 Å². The van der Waals surface area contributed by atoms with E-state index in [1.165, 1.54) is 9.75 Å². The van der Waals surface area contributed by atoms with Crippen molar-refractivity contribution in [1.82, 2.24) is 9.97 Å². The first-order valence-corrected chi connectivity index (χ1v) is 7.99. The Kier molecular flexibility index (Phi) is 3.48. The molecule has 0 atom stereocenters. The topological polar surface area (TPSA) is 37.8 Å². The molecule has 0 aromatic carbocycles. The van der Waals surface area contributed by atoms with Crippen molar-refractivity contribution in [3.05, 3.63) is 39.2 Å². The van der Waals surface area contributed by atoms with Crippen LogP contribution in [0.3, 0.4) is 0 Å². The first kappa shape index (κ1) is 12.6. The van der Waals surface area contributed by atoms with E-state index in [2.05, 4.69) is 45.8 Å². The van der Waals surface area contributed by atoms with E-state index >= 15 is 0 Å². The third-order valence-electron chi connectivity index (χ3n) is 2.91. The Labute approximate surface area is 120 Å². The fourth-order valence-electron chi connectivity index (χ4n) is 1.97. The molecular formula is C14H15N3S2. The summed E-state index contributed by atoms with van der Waals surface area (Å²) in [5.74, 6) is 1.78. The standard InChI is InChI=1S/C14H15N3S2/c1-3-10-7-12-13(15-8-11-5-4-6-18-11)16-9(2)17-14(12)19-10/h4-7H,3,8H2,1-2H3,(H,15,16,17). The highest BCUT2D eigenvalue weighted by molar-refractivity contribution is 7.18. The van der Waals surface area contributed by atoms with Crippen molar-refractivity contribution >= 4 is 38.7 Å². The first-order valence-electron chi connectivity index (χ1n) is 6.29. The van der Waals surface area contributed by atoms with Crippen LogP contribution in [-0.4, -0.2) is 9.97 Å². The zero-order valence-electron chi connectivity index (χ0n) is 10.9. The Morgan fingerprint density at radius 3 is 2.89 bits per heavy atom. The van der Waals surface area contributed by atoms with Crippen LogP contribution in [0.2, 0.25) is 0 Å². The highest BCUT2D eigenvalue weighted by Crippen LogP contribution is 2.29. The number of thiophene rings is 2. The molecular weight excluding hydrogens is 274 g/mol. The molecule has 1 N–H and O–H groups in total. The van der Waals surface area contributed by atoms with Crippen molar-refractivity contribution in [2.45, 2.75) is 26.8 Å². The van der Waals surface area contributed by atoms with Crippen molar-refractivity contribution in [2.75, 3.05) is 5.32 Å². The summed E-state index contributed by atoms with van der Waals surface area (Å²) in [6.45, 7) is 4.94. The van der Waals surface area contributed by atoms with Gasteiger partial charge >= 0.3 is 0 Å². The molecule has 0 bridgehead atoms. The van der Waals surface area contributed by atoms with Crippen LogP contribution in [0.25, 0.3) is 10.2 Å². The highest BCUT2D eigenvalue weighted by atomic mass is 32.1. The number of aryl methyl sites for hydroxylation is 2. The van der Waals surface area contributed by atoms with E-state index in [-0.39, 0.29) is 0 Å². The van der Waals surface area contributed by atoms with Gasteiger partial charge in [0.2, 0.25) is 0 Å². The summed E-state index contributed by atoms with van der Waals surface area (Å²) in [6, 6.07) is 6.41. The normalized spacial score (nSPS) is 11.1. The van der Waals surface area contributed by atoms with Crippen molar-refractivity contribution in [3.63, 3.8) is 0 Å². The number of nitrogens with one attached hydrogen (secondary N) is 1. The van der Waals surface area contributed by atoms with E-state index in [0.29, 0.717) is 0 Å². The molecule has 0 saturated heterocycles. The van der Waals surface area contributed by atoms with Crippen LogP contribution in [0.15, 0.2) is 23.6 Å². The maximum atomic E-state index is 4.54. The molecule has 0 aliphatic heterocycles. The van der Waals surface area contributed by atoms with Crippen molar-refractivity contribution in [2.24, 2.45) is 0 Å². The Bertz CT molecular complexity index is 686. The van der Waals surface area contributed by atoms with E-state index in [4.69, 9.17) is 0 Å². The zero-order valence-corrected chi connectivity index (χ0v) is 12.6. The van der Waals surface area contributed by atoms with Gasteiger partial charge in [-0.25, -0.2) is 9.97 Å². The van der Waals surface area contributed by atoms with E-state index in [0.717, 1.165) is 34.8 Å². The van der Waals surface area contributed by atoms with Gasteiger partial charge < -0.3 is 5.32 Å². The molecule has 0 saturated carbocycles. The molecule has 0 amide bonds. The quantitative estimate of drug-likeness (QED) is 0.781. The fourth-order valence-corrected chi connectivity index (χ4v) is 3.63. The number of anilines is 1. The summed E-state index contributed by atoms with van der Waals surface area (Å²) >= 11 is 3.52. The van der Waals surface area contributed by atoms with Crippen LogP contribution in [0.1, 0.15) is 22.5 Å². The molecule has 0 aliphatic rings. The molecule has 5 heteroatoms. The van der Waals surface area contributed by atoms with Crippen LogP contribution < -0.4 is 5.32 Å². The number of aromatic nitrogens is 2. The summed E-state index contributed by atoms with van der Waals surface area (Å²) in [7, 11) is 0. The van der Waals surface area contributed by atoms with Gasteiger partial charge in [-0.05, 0) is 30.9 Å². The van der Waals surface area contributed by atoms with Crippen LogP contribution in [0.5, 0.6) is 0 Å². The Hall–Kier alpha value is -1.46. The summed E-state index contributed by atoms with van der Waals surface area (Å²) in [6.07, 6.45) is 1.05. The predicted octanol–water partition coefficient (Wildman–Crippen LogP) is 4.24. The third kappa shape index (κ3) is 2.62. The van der Waals surface area contributed by atoms with Gasteiger partial charge in [-0.2, -0.15) is 0 Å². The summed E-state index contributed by atoms with van der Waals surface area (Å²) in [4.78, 5) is 12.8. The van der Waals surface area contributed by atoms with Crippen LogP contribution in [0.4, 0.5) is 5.82 Å². The second-order valence-corrected chi connectivity index (χ2v) is 6.48. The molecule has 3 aromatic rings. The van der Waals surface area contributed by atoms with Gasteiger partial charge in [0, 0.05) is 9.75 Å². The zero-order chi connectivity index (χ0) is 13.2. The molecule has 3 aromatic heterocycles. The second kappa shape index (κ2) is 5.27. The number of hydrogen-bond donors (Lipinski definition) is 1. The van der Waals surface area contributed by atoms with Crippen molar-refractivity contribution in [1.29, 1.82) is 0 Å². The number of hydrogen-bond acceptors (Lipinski definition) is 5. The average Bonchev–Trinajstić information content (AvgIpc) is 3.04. The maximum absolute atomic E-state index is 4.54. The minimum Gasteiger partial charge on any atom is -0.365 e. The molecule has 0 fully saturated rings. The number of fused-ring (bicyclic) bond motifs is 1. The van der Waals surface area contributed by atoms with Gasteiger partial charge in [0.15, 0.2) is 0 Å². The molecule has 3 nitrogen and oxygen atoms in total. The highest BCUT2D eigenvalue weighted by Gasteiger charge is 2.09. The van der Waals surface area contributed by atoms with Gasteiger partial charge in [0.1, 0.15) is 16.5 Å². The second-order valence-electron chi connectivity index (χ2n) is 4.34.